The van der Waals surface area contributed by atoms with E-state index in [4.69, 9.17) is 0 Å². The highest BCUT2D eigenvalue weighted by Crippen LogP contribution is 2.40. The van der Waals surface area contributed by atoms with Gasteiger partial charge in [-0.3, -0.25) is 4.68 Å². The number of aliphatic hydroxyl groups excluding tert-OH is 1. The fraction of sp³-hybridized carbons (Fsp3) is 0.350. The first kappa shape index (κ1) is 23.9. The summed E-state index contributed by atoms with van der Waals surface area (Å²) in [7, 11) is 1.70. The number of aromatic nitrogens is 2. The summed E-state index contributed by atoms with van der Waals surface area (Å²) in [6, 6.07) is 9.03. The molecule has 30 heavy (non-hydrogen) atoms. The summed E-state index contributed by atoms with van der Waals surface area (Å²) >= 11 is 0. The molecule has 2 unspecified atom stereocenters. The Morgan fingerprint density at radius 3 is 2.17 bits per heavy atom. The van der Waals surface area contributed by atoms with Crippen molar-refractivity contribution in [2.45, 2.75) is 37.6 Å². The van der Waals surface area contributed by atoms with Crippen molar-refractivity contribution in [1.82, 2.24) is 9.78 Å². The molecule has 0 saturated carbocycles. The van der Waals surface area contributed by atoms with Gasteiger partial charge >= 0.3 is 6.18 Å². The molecule has 0 fully saturated rings. The third-order valence-electron chi connectivity index (χ3n) is 5.13. The van der Waals surface area contributed by atoms with E-state index >= 15 is 0 Å². The zero-order valence-electron chi connectivity index (χ0n) is 16.2. The fourth-order valence-electron chi connectivity index (χ4n) is 3.69. The zero-order valence-corrected chi connectivity index (χ0v) is 17.2. The lowest BCUT2D eigenvalue weighted by Crippen LogP contribution is -2.47. The van der Waals surface area contributed by atoms with Gasteiger partial charge in [-0.15, -0.1) is 0 Å². The molecule has 0 spiro atoms. The molecule has 0 saturated heterocycles. The van der Waals surface area contributed by atoms with Crippen LogP contribution in [0.2, 0.25) is 0 Å². The van der Waals surface area contributed by atoms with Crippen LogP contribution in [-0.2, 0) is 11.7 Å². The highest BCUT2D eigenvalue weighted by atomic mass is 32.1. The third-order valence-corrected chi connectivity index (χ3v) is 5.13. The predicted molar refractivity (Wildman–Crippen MR) is 110 cm³/mol. The molecular formula is C20H22F5N3OS. The number of nitrogens with one attached hydrogen (secondary N) is 1. The van der Waals surface area contributed by atoms with E-state index in [2.05, 4.69) is 10.4 Å². The normalized spacial score (nSPS) is 15.0. The predicted octanol–water partition coefficient (Wildman–Crippen LogP) is 4.99. The minimum absolute atomic E-state index is 0. The molecule has 0 amide bonds. The van der Waals surface area contributed by atoms with Gasteiger partial charge in [-0.05, 0) is 36.8 Å². The molecule has 0 aliphatic carbocycles. The molecule has 0 aliphatic rings. The maximum Gasteiger partial charge on any atom is 0.416 e. The van der Waals surface area contributed by atoms with E-state index in [1.54, 1.807) is 25.2 Å². The second-order valence-corrected chi connectivity index (χ2v) is 6.82. The Hall–Kier alpha value is -2.33. The van der Waals surface area contributed by atoms with Crippen LogP contribution < -0.4 is 5.32 Å². The lowest BCUT2D eigenvalue weighted by molar-refractivity contribution is -0.137. The van der Waals surface area contributed by atoms with Gasteiger partial charge in [0.05, 0.1) is 23.4 Å². The van der Waals surface area contributed by atoms with Gasteiger partial charge in [0.1, 0.15) is 5.54 Å². The number of benzene rings is 2. The van der Waals surface area contributed by atoms with E-state index < -0.39 is 36.2 Å². The summed E-state index contributed by atoms with van der Waals surface area (Å²) in [4.78, 5) is 0. The maximum absolute atomic E-state index is 13.6. The van der Waals surface area contributed by atoms with Crippen molar-refractivity contribution in [2.24, 2.45) is 0 Å². The van der Waals surface area contributed by atoms with E-state index in [9.17, 15) is 27.1 Å². The number of aliphatic hydroxyl groups is 1. The van der Waals surface area contributed by atoms with Gasteiger partial charge in [-0.25, -0.2) is 8.78 Å². The maximum atomic E-state index is 13.6. The van der Waals surface area contributed by atoms with Crippen molar-refractivity contribution >= 4 is 30.1 Å². The molecule has 1 heterocycles. The first-order chi connectivity index (χ1) is 13.6. The Morgan fingerprint density at radius 1 is 1.07 bits per heavy atom. The molecule has 0 radical (unpaired) electrons. The molecule has 164 valence electrons. The van der Waals surface area contributed by atoms with Crippen molar-refractivity contribution < 1.29 is 27.1 Å². The smallest absolute Gasteiger partial charge is 0.391 e. The van der Waals surface area contributed by atoms with Crippen molar-refractivity contribution in [3.63, 3.8) is 0 Å². The van der Waals surface area contributed by atoms with Gasteiger partial charge < -0.3 is 10.4 Å². The van der Waals surface area contributed by atoms with Gasteiger partial charge in [0.2, 0.25) is 6.43 Å². The first-order valence-corrected chi connectivity index (χ1v) is 8.90. The quantitative estimate of drug-likeness (QED) is 0.524. The van der Waals surface area contributed by atoms with Crippen LogP contribution in [0.4, 0.5) is 27.6 Å². The average molecular weight is 447 g/mol. The number of hydrogen-bond donors (Lipinski definition) is 2. The molecule has 2 aromatic carbocycles. The monoisotopic (exact) mass is 447 g/mol. The van der Waals surface area contributed by atoms with Crippen molar-refractivity contribution in [3.8, 4) is 0 Å². The van der Waals surface area contributed by atoms with Crippen molar-refractivity contribution in [1.29, 1.82) is 0 Å². The number of hydrogen-bond acceptors (Lipinski definition) is 3. The Balaban J connectivity index is 0.00000320. The van der Waals surface area contributed by atoms with Crippen LogP contribution in [-0.4, -0.2) is 34.5 Å². The van der Waals surface area contributed by atoms with Crippen molar-refractivity contribution in [2.75, 3.05) is 12.4 Å². The summed E-state index contributed by atoms with van der Waals surface area (Å²) in [5.41, 5.74) is -1.37. The molecule has 4 nitrogen and oxygen atoms in total. The van der Waals surface area contributed by atoms with E-state index in [0.717, 1.165) is 24.3 Å². The summed E-state index contributed by atoms with van der Waals surface area (Å²) in [5, 5.41) is 18.5. The zero-order chi connectivity index (χ0) is 21.4. The van der Waals surface area contributed by atoms with Crippen molar-refractivity contribution in [3.05, 3.63) is 59.8 Å². The van der Waals surface area contributed by atoms with Crippen LogP contribution in [0.1, 0.15) is 24.5 Å². The average Bonchev–Trinajstić information content (AvgIpc) is 3.09. The highest BCUT2D eigenvalue weighted by Gasteiger charge is 2.44. The number of fused-ring (bicyclic) bond motifs is 1. The lowest BCUT2D eigenvalue weighted by Gasteiger charge is -2.38. The molecular weight excluding hydrogens is 425 g/mol. The third kappa shape index (κ3) is 4.11. The SMILES string of the molecule is CNc1cccc2c1cnn2C(CC(F)F)(c1ccc(C(F)(F)F)cc1)C(C)O.S. The minimum Gasteiger partial charge on any atom is -0.391 e. The number of alkyl halides is 5. The van der Waals surface area contributed by atoms with E-state index in [1.807, 2.05) is 0 Å². The van der Waals surface area contributed by atoms with Crippen LogP contribution in [0.5, 0.6) is 0 Å². The summed E-state index contributed by atoms with van der Waals surface area (Å²) in [5.74, 6) is 0. The molecule has 0 bridgehead atoms. The molecule has 0 aliphatic heterocycles. The Kier molecular flexibility index (Phi) is 7.03. The van der Waals surface area contributed by atoms with Crippen LogP contribution in [0.25, 0.3) is 10.9 Å². The Labute approximate surface area is 177 Å². The molecule has 1 aromatic heterocycles. The summed E-state index contributed by atoms with van der Waals surface area (Å²) in [6.07, 6.45) is -8.10. The highest BCUT2D eigenvalue weighted by molar-refractivity contribution is 7.59. The topological polar surface area (TPSA) is 50.1 Å². The fourth-order valence-corrected chi connectivity index (χ4v) is 3.69. The molecule has 3 aromatic rings. The Morgan fingerprint density at radius 2 is 1.67 bits per heavy atom. The lowest BCUT2D eigenvalue weighted by atomic mass is 9.81. The number of anilines is 1. The number of rotatable bonds is 6. The van der Waals surface area contributed by atoms with E-state index in [-0.39, 0.29) is 19.1 Å². The van der Waals surface area contributed by atoms with E-state index in [0.29, 0.717) is 16.6 Å². The second-order valence-electron chi connectivity index (χ2n) is 6.82. The minimum atomic E-state index is -4.56. The van der Waals surface area contributed by atoms with Gasteiger partial charge in [0.15, 0.2) is 0 Å². The van der Waals surface area contributed by atoms with Crippen LogP contribution in [0, 0.1) is 0 Å². The van der Waals surface area contributed by atoms with Gasteiger partial charge in [-0.2, -0.15) is 31.8 Å². The summed E-state index contributed by atoms with van der Waals surface area (Å²) in [6.45, 7) is 1.33. The second kappa shape index (κ2) is 8.81. The molecule has 2 atom stereocenters. The molecule has 10 heteroatoms. The van der Waals surface area contributed by atoms with Crippen LogP contribution >= 0.6 is 13.5 Å². The summed E-state index contributed by atoms with van der Waals surface area (Å²) < 4.78 is 67.4. The largest absolute Gasteiger partial charge is 0.416 e. The van der Waals surface area contributed by atoms with Crippen LogP contribution in [0.15, 0.2) is 48.7 Å². The molecule has 3 rings (SSSR count). The van der Waals surface area contributed by atoms with Gasteiger partial charge in [0.25, 0.3) is 0 Å². The Bertz CT molecular complexity index is 988. The first-order valence-electron chi connectivity index (χ1n) is 8.90. The van der Waals surface area contributed by atoms with E-state index in [1.165, 1.54) is 17.8 Å². The van der Waals surface area contributed by atoms with Crippen LogP contribution in [0.3, 0.4) is 0 Å². The van der Waals surface area contributed by atoms with Gasteiger partial charge in [0, 0.05) is 24.5 Å². The standard InChI is InChI=1S/C20H20F5N3O.H2S/c1-12(29)19(10-18(21)22,13-6-8-14(9-7-13)20(23,24)25)28-17-5-3-4-16(26-2)15(17)11-27-28;/h3-9,11-12,18,26,29H,10H2,1-2H3;1H2. The number of nitrogens with zero attached hydrogens (tertiary/aromatic N) is 2. The van der Waals surface area contributed by atoms with Gasteiger partial charge in [-0.1, -0.05) is 18.2 Å². The molecule has 2 N–H and O–H groups in total. The number of halogens is 5.